The number of aliphatic hydroxyl groups excluding tert-OH is 1. The molecule has 1 aliphatic rings. The van der Waals surface area contributed by atoms with Crippen molar-refractivity contribution in [2.75, 3.05) is 4.90 Å². The number of hydrogen-bond donors (Lipinski definition) is 1. The summed E-state index contributed by atoms with van der Waals surface area (Å²) < 4.78 is 35.3. The Kier molecular flexibility index (Phi) is 6.27. The summed E-state index contributed by atoms with van der Waals surface area (Å²) in [7, 11) is 0. The number of fused-ring (bicyclic) bond motifs is 1. The van der Waals surface area contributed by atoms with Crippen molar-refractivity contribution < 1.29 is 23.2 Å². The summed E-state index contributed by atoms with van der Waals surface area (Å²) in [5.74, 6) is -0.952. The van der Waals surface area contributed by atoms with Crippen molar-refractivity contribution in [2.45, 2.75) is 52.7 Å². The van der Waals surface area contributed by atoms with Gasteiger partial charge in [-0.05, 0) is 63.4 Å². The Hall–Kier alpha value is -3.96. The molecule has 0 aliphatic carbocycles. The number of benzene rings is 2. The van der Waals surface area contributed by atoms with Gasteiger partial charge >= 0.3 is 0 Å². The highest BCUT2D eigenvalue weighted by Crippen LogP contribution is 2.40. The Balaban J connectivity index is 1.58. The molecule has 200 valence electrons. The number of piperidine rings is 1. The third-order valence-corrected chi connectivity index (χ3v) is 8.27. The number of amides is 1. The minimum absolute atomic E-state index is 0.148. The molecule has 2 aromatic carbocycles. The van der Waals surface area contributed by atoms with E-state index in [1.54, 1.807) is 0 Å². The van der Waals surface area contributed by atoms with E-state index in [0.717, 1.165) is 39.3 Å². The first-order chi connectivity index (χ1) is 18.8. The molecule has 1 amide bonds. The van der Waals surface area contributed by atoms with Crippen molar-refractivity contribution in [2.24, 2.45) is 0 Å². The van der Waals surface area contributed by atoms with Gasteiger partial charge in [-0.3, -0.25) is 9.36 Å². The Labute approximate surface area is 226 Å². The lowest BCUT2D eigenvalue weighted by molar-refractivity contribution is -0.120. The smallest absolute Gasteiger partial charge is 0.227 e. The summed E-state index contributed by atoms with van der Waals surface area (Å²) in [6, 6.07) is 8.79. The highest BCUT2D eigenvalue weighted by molar-refractivity contribution is 7.14. The van der Waals surface area contributed by atoms with Gasteiger partial charge in [0, 0.05) is 23.7 Å². The normalized spacial score (nSPS) is 16.0. The van der Waals surface area contributed by atoms with Crippen molar-refractivity contribution in [1.29, 1.82) is 0 Å². The topological polar surface area (TPSA) is 97.3 Å². The van der Waals surface area contributed by atoms with E-state index in [4.69, 9.17) is 14.5 Å². The predicted molar refractivity (Wildman–Crippen MR) is 143 cm³/mol. The van der Waals surface area contributed by atoms with Gasteiger partial charge in [-0.25, -0.2) is 18.7 Å². The van der Waals surface area contributed by atoms with Gasteiger partial charge in [-0.15, -0.1) is 0 Å². The van der Waals surface area contributed by atoms with Crippen LogP contribution in [-0.4, -0.2) is 30.7 Å². The number of aliphatic hydroxyl groups is 1. The van der Waals surface area contributed by atoms with Crippen molar-refractivity contribution in [1.82, 2.24) is 19.7 Å². The van der Waals surface area contributed by atoms with Crippen LogP contribution in [0.15, 0.2) is 40.9 Å². The summed E-state index contributed by atoms with van der Waals surface area (Å²) in [5.41, 5.74) is 4.94. The lowest BCUT2D eigenvalue weighted by atomic mass is 9.99. The molecule has 1 fully saturated rings. The molecule has 6 rings (SSSR count). The van der Waals surface area contributed by atoms with E-state index in [1.807, 2.05) is 43.5 Å². The summed E-state index contributed by atoms with van der Waals surface area (Å²) >= 11 is 1.34. The average molecular weight is 550 g/mol. The summed E-state index contributed by atoms with van der Waals surface area (Å²) in [6.07, 6.45) is 1.48. The molecule has 3 aromatic heterocycles. The van der Waals surface area contributed by atoms with Crippen LogP contribution in [0.1, 0.15) is 53.2 Å². The van der Waals surface area contributed by atoms with Gasteiger partial charge in [0.1, 0.15) is 11.6 Å². The van der Waals surface area contributed by atoms with Crippen LogP contribution < -0.4 is 4.90 Å². The van der Waals surface area contributed by atoms with E-state index >= 15 is 0 Å². The SMILES string of the molecule is Cc1nc(-n2c(C3CCCC(=O)N3c3ccc(F)c(F)c3)nc3cc(-c4c(C)noc4C)ccc32)sc1CO. The third-order valence-electron chi connectivity index (χ3n) is 7.15. The first-order valence-electron chi connectivity index (χ1n) is 12.6. The highest BCUT2D eigenvalue weighted by Gasteiger charge is 2.35. The molecule has 39 heavy (non-hydrogen) atoms. The number of anilines is 1. The largest absolute Gasteiger partial charge is 0.391 e. The minimum Gasteiger partial charge on any atom is -0.391 e. The number of aromatic nitrogens is 4. The first kappa shape index (κ1) is 25.3. The van der Waals surface area contributed by atoms with Gasteiger partial charge in [-0.2, -0.15) is 0 Å². The predicted octanol–water partition coefficient (Wildman–Crippen LogP) is 6.09. The van der Waals surface area contributed by atoms with Crippen molar-refractivity contribution in [3.63, 3.8) is 0 Å². The number of hydrogen-bond acceptors (Lipinski definition) is 7. The fraction of sp³-hybridized carbons (Fsp3) is 0.286. The molecule has 5 aromatic rings. The Morgan fingerprint density at radius 1 is 1.08 bits per heavy atom. The second-order valence-corrected chi connectivity index (χ2v) is 10.7. The zero-order valence-electron chi connectivity index (χ0n) is 21.5. The molecule has 11 heteroatoms. The fourth-order valence-electron chi connectivity index (χ4n) is 5.30. The molecule has 0 saturated carbocycles. The zero-order chi connectivity index (χ0) is 27.4. The summed E-state index contributed by atoms with van der Waals surface area (Å²) in [4.78, 5) is 25.2. The molecule has 1 unspecified atom stereocenters. The van der Waals surface area contributed by atoms with Crippen molar-refractivity contribution in [3.8, 4) is 16.3 Å². The van der Waals surface area contributed by atoms with E-state index in [0.29, 0.717) is 40.8 Å². The number of rotatable bonds is 5. The van der Waals surface area contributed by atoms with Crippen LogP contribution in [0.3, 0.4) is 0 Å². The fourth-order valence-corrected chi connectivity index (χ4v) is 6.25. The second-order valence-electron chi connectivity index (χ2n) is 9.64. The zero-order valence-corrected chi connectivity index (χ0v) is 22.4. The number of carbonyl (C=O) groups is 1. The van der Waals surface area contributed by atoms with Crippen LogP contribution >= 0.6 is 11.3 Å². The highest BCUT2D eigenvalue weighted by atomic mass is 32.1. The molecular weight excluding hydrogens is 524 g/mol. The van der Waals surface area contributed by atoms with Gasteiger partial charge < -0.3 is 14.5 Å². The lowest BCUT2D eigenvalue weighted by Crippen LogP contribution is -2.39. The molecule has 4 heterocycles. The Morgan fingerprint density at radius 3 is 2.59 bits per heavy atom. The molecule has 0 radical (unpaired) electrons. The monoisotopic (exact) mass is 549 g/mol. The number of halogens is 2. The van der Waals surface area contributed by atoms with Crippen LogP contribution in [0.2, 0.25) is 0 Å². The standard InChI is InChI=1S/C28H25F2N5O3S/c1-14-24(13-36)39-28(31-14)35-22-10-7-17(26-15(2)33-38-16(26)3)11-21(22)32-27(35)23-5-4-6-25(37)34(23)18-8-9-19(29)20(30)12-18/h7-12,23,36H,4-6,13H2,1-3H3. The Morgan fingerprint density at radius 2 is 1.90 bits per heavy atom. The molecule has 0 bridgehead atoms. The molecule has 0 spiro atoms. The van der Waals surface area contributed by atoms with Crippen LogP contribution in [0.25, 0.3) is 27.3 Å². The van der Waals surface area contributed by atoms with Gasteiger partial charge in [-0.1, -0.05) is 22.6 Å². The maximum absolute atomic E-state index is 14.3. The molecule has 1 N–H and O–H groups in total. The van der Waals surface area contributed by atoms with Crippen molar-refractivity contribution in [3.05, 3.63) is 75.9 Å². The second kappa shape index (κ2) is 9.65. The van der Waals surface area contributed by atoms with Crippen LogP contribution in [-0.2, 0) is 11.4 Å². The quantitative estimate of drug-likeness (QED) is 0.285. The minimum atomic E-state index is -1.02. The van der Waals surface area contributed by atoms with E-state index in [-0.39, 0.29) is 24.6 Å². The van der Waals surface area contributed by atoms with Crippen LogP contribution in [0.4, 0.5) is 14.5 Å². The van der Waals surface area contributed by atoms with Crippen LogP contribution in [0.5, 0.6) is 0 Å². The summed E-state index contributed by atoms with van der Waals surface area (Å²) in [6.45, 7) is 5.41. The Bertz CT molecular complexity index is 1720. The first-order valence-corrected chi connectivity index (χ1v) is 13.4. The van der Waals surface area contributed by atoms with E-state index in [1.165, 1.54) is 22.3 Å². The van der Waals surface area contributed by atoms with Crippen LogP contribution in [0, 0.1) is 32.4 Å². The van der Waals surface area contributed by atoms with E-state index < -0.39 is 17.7 Å². The number of imidazole rings is 1. The molecule has 1 aliphatic heterocycles. The van der Waals surface area contributed by atoms with Gasteiger partial charge in [0.05, 0.1) is 39.9 Å². The van der Waals surface area contributed by atoms with Gasteiger partial charge in [0.15, 0.2) is 16.8 Å². The van der Waals surface area contributed by atoms with E-state index in [9.17, 15) is 18.7 Å². The maximum atomic E-state index is 14.3. The molecule has 1 atom stereocenters. The lowest BCUT2D eigenvalue weighted by Gasteiger charge is -2.35. The van der Waals surface area contributed by atoms with Crippen molar-refractivity contribution >= 4 is 34.0 Å². The molecule has 8 nitrogen and oxygen atoms in total. The molecule has 1 saturated heterocycles. The maximum Gasteiger partial charge on any atom is 0.227 e. The number of nitrogens with zero attached hydrogens (tertiary/aromatic N) is 5. The third kappa shape index (κ3) is 4.22. The van der Waals surface area contributed by atoms with E-state index in [2.05, 4.69) is 5.16 Å². The number of thiazole rings is 1. The van der Waals surface area contributed by atoms with Gasteiger partial charge in [0.25, 0.3) is 0 Å². The number of aryl methyl sites for hydroxylation is 3. The number of carbonyl (C=O) groups excluding carboxylic acids is 1. The average Bonchev–Trinajstić information content (AvgIpc) is 3.58. The molecular formula is C28H25F2N5O3S. The van der Waals surface area contributed by atoms with Gasteiger partial charge in [0.2, 0.25) is 5.91 Å². The summed E-state index contributed by atoms with van der Waals surface area (Å²) in [5, 5.41) is 14.5.